The Morgan fingerprint density at radius 1 is 1.29 bits per heavy atom. The molecule has 0 aliphatic carbocycles. The summed E-state index contributed by atoms with van der Waals surface area (Å²) in [6, 6.07) is 7.04. The number of nitrogens with one attached hydrogen (secondary N) is 1. The number of carbonyl (C=O) groups is 1. The van der Waals surface area contributed by atoms with Gasteiger partial charge >= 0.3 is 5.97 Å². The van der Waals surface area contributed by atoms with Crippen molar-refractivity contribution in [2.45, 2.75) is 18.9 Å². The topological polar surface area (TPSA) is 92.7 Å². The fraction of sp³-hybridized carbons (Fsp3) is 0.500. The molecule has 0 unspecified atom stereocenters. The molecule has 1 aromatic rings. The van der Waals surface area contributed by atoms with E-state index in [0.29, 0.717) is 31.6 Å². The Morgan fingerprint density at radius 3 is 2.48 bits per heavy atom. The molecule has 1 heterocycles. The number of carboxylic acids is 1. The van der Waals surface area contributed by atoms with E-state index in [9.17, 15) is 18.3 Å². The predicted octanol–water partition coefficient (Wildman–Crippen LogP) is 1.16. The Labute approximate surface area is 124 Å². The fourth-order valence-corrected chi connectivity index (χ4v) is 4.00. The summed E-state index contributed by atoms with van der Waals surface area (Å²) in [5.41, 5.74) is 0.417. The van der Waals surface area contributed by atoms with Crippen LogP contribution in [-0.4, -0.2) is 38.5 Å². The van der Waals surface area contributed by atoms with Gasteiger partial charge < -0.3 is 9.84 Å². The molecule has 6 nitrogen and oxygen atoms in total. The van der Waals surface area contributed by atoms with Crippen LogP contribution in [0.15, 0.2) is 30.3 Å². The van der Waals surface area contributed by atoms with Crippen LogP contribution in [0, 0.1) is 5.92 Å². The van der Waals surface area contributed by atoms with Crippen LogP contribution in [0.25, 0.3) is 0 Å². The zero-order valence-corrected chi connectivity index (χ0v) is 12.4. The molecule has 0 saturated carbocycles. The summed E-state index contributed by atoms with van der Waals surface area (Å²) in [6.07, 6.45) is 1.37. The average molecular weight is 313 g/mol. The van der Waals surface area contributed by atoms with Crippen molar-refractivity contribution in [2.24, 2.45) is 5.92 Å². The SMILES string of the molecule is O=C(O)[C@H](NS(=O)(=O)CC1CCOCC1)c1ccccc1. The zero-order valence-electron chi connectivity index (χ0n) is 11.6. The number of hydrogen-bond acceptors (Lipinski definition) is 4. The van der Waals surface area contributed by atoms with Crippen molar-refractivity contribution < 1.29 is 23.1 Å². The second kappa shape index (κ2) is 7.02. The van der Waals surface area contributed by atoms with Crippen molar-refractivity contribution in [1.29, 1.82) is 0 Å². The van der Waals surface area contributed by atoms with Gasteiger partial charge in [-0.1, -0.05) is 30.3 Å². The third kappa shape index (κ3) is 4.80. The van der Waals surface area contributed by atoms with Crippen molar-refractivity contribution in [2.75, 3.05) is 19.0 Å². The van der Waals surface area contributed by atoms with Gasteiger partial charge in [-0.15, -0.1) is 0 Å². The lowest BCUT2D eigenvalue weighted by Crippen LogP contribution is -2.37. The average Bonchev–Trinajstić information content (AvgIpc) is 2.46. The van der Waals surface area contributed by atoms with E-state index in [4.69, 9.17) is 4.74 Å². The van der Waals surface area contributed by atoms with Gasteiger partial charge in [0.25, 0.3) is 0 Å². The zero-order chi connectivity index (χ0) is 15.3. The lowest BCUT2D eigenvalue weighted by atomic mass is 10.0. The minimum absolute atomic E-state index is 0.0152. The standard InChI is InChI=1S/C14H19NO5S/c16-14(17)13(12-4-2-1-3-5-12)15-21(18,19)10-11-6-8-20-9-7-11/h1-5,11,13,15H,6-10H2,(H,16,17)/t13-/m1/s1. The normalized spacial score (nSPS) is 18.3. The van der Waals surface area contributed by atoms with Crippen molar-refractivity contribution in [3.05, 3.63) is 35.9 Å². The Balaban J connectivity index is 2.07. The van der Waals surface area contributed by atoms with E-state index in [1.165, 1.54) is 0 Å². The first-order valence-electron chi connectivity index (χ1n) is 6.83. The van der Waals surface area contributed by atoms with Crippen LogP contribution in [0.1, 0.15) is 24.4 Å². The van der Waals surface area contributed by atoms with Gasteiger partial charge in [0.2, 0.25) is 10.0 Å². The van der Waals surface area contributed by atoms with E-state index in [0.717, 1.165) is 0 Å². The molecule has 0 amide bonds. The largest absolute Gasteiger partial charge is 0.480 e. The first-order chi connectivity index (χ1) is 9.98. The molecule has 7 heteroatoms. The Morgan fingerprint density at radius 2 is 1.90 bits per heavy atom. The lowest BCUT2D eigenvalue weighted by molar-refractivity contribution is -0.139. The van der Waals surface area contributed by atoms with Crippen LogP contribution in [0.3, 0.4) is 0 Å². The molecule has 0 spiro atoms. The molecule has 0 radical (unpaired) electrons. The van der Waals surface area contributed by atoms with Crippen LogP contribution in [0.5, 0.6) is 0 Å². The Kier molecular flexibility index (Phi) is 5.33. The van der Waals surface area contributed by atoms with E-state index >= 15 is 0 Å². The first-order valence-corrected chi connectivity index (χ1v) is 8.48. The smallest absolute Gasteiger partial charge is 0.326 e. The van der Waals surface area contributed by atoms with Crippen molar-refractivity contribution in [3.8, 4) is 0 Å². The molecule has 2 N–H and O–H groups in total. The molecular formula is C14H19NO5S. The van der Waals surface area contributed by atoms with Crippen molar-refractivity contribution in [3.63, 3.8) is 0 Å². The van der Waals surface area contributed by atoms with Gasteiger partial charge in [-0.05, 0) is 24.3 Å². The molecule has 1 aliphatic rings. The highest BCUT2D eigenvalue weighted by Crippen LogP contribution is 2.19. The summed E-state index contributed by atoms with van der Waals surface area (Å²) in [5.74, 6) is -1.26. The number of aliphatic carboxylic acids is 1. The highest BCUT2D eigenvalue weighted by molar-refractivity contribution is 7.89. The monoisotopic (exact) mass is 313 g/mol. The fourth-order valence-electron chi connectivity index (χ4n) is 2.36. The van der Waals surface area contributed by atoms with Crippen molar-refractivity contribution in [1.82, 2.24) is 4.72 Å². The molecule has 0 aromatic heterocycles. The summed E-state index contributed by atoms with van der Waals surface area (Å²) in [4.78, 5) is 11.3. The third-order valence-corrected chi connectivity index (χ3v) is 4.98. The number of ether oxygens (including phenoxy) is 1. The lowest BCUT2D eigenvalue weighted by Gasteiger charge is -2.23. The summed E-state index contributed by atoms with van der Waals surface area (Å²) < 4.78 is 31.8. The second-order valence-electron chi connectivity index (χ2n) is 5.14. The maximum absolute atomic E-state index is 12.2. The molecule has 1 saturated heterocycles. The van der Waals surface area contributed by atoms with Crippen LogP contribution in [0.2, 0.25) is 0 Å². The number of sulfonamides is 1. The predicted molar refractivity (Wildman–Crippen MR) is 77.3 cm³/mol. The van der Waals surface area contributed by atoms with Crippen LogP contribution in [0.4, 0.5) is 0 Å². The van der Waals surface area contributed by atoms with E-state index < -0.39 is 22.0 Å². The van der Waals surface area contributed by atoms with Gasteiger partial charge in [0, 0.05) is 13.2 Å². The summed E-state index contributed by atoms with van der Waals surface area (Å²) in [7, 11) is -3.66. The molecule has 1 aromatic carbocycles. The molecule has 21 heavy (non-hydrogen) atoms. The van der Waals surface area contributed by atoms with E-state index in [2.05, 4.69) is 4.72 Å². The third-order valence-electron chi connectivity index (χ3n) is 3.47. The molecular weight excluding hydrogens is 294 g/mol. The van der Waals surface area contributed by atoms with Gasteiger partial charge in [-0.3, -0.25) is 4.79 Å². The number of hydrogen-bond donors (Lipinski definition) is 2. The summed E-state index contributed by atoms with van der Waals surface area (Å²) in [6.45, 7) is 1.11. The van der Waals surface area contributed by atoms with E-state index in [-0.39, 0.29) is 11.7 Å². The minimum atomic E-state index is -3.66. The highest BCUT2D eigenvalue weighted by atomic mass is 32.2. The van der Waals surface area contributed by atoms with Crippen LogP contribution < -0.4 is 4.72 Å². The quantitative estimate of drug-likeness (QED) is 0.822. The van der Waals surface area contributed by atoms with Gasteiger partial charge in [0.15, 0.2) is 0 Å². The summed E-state index contributed by atoms with van der Waals surface area (Å²) in [5, 5.41) is 9.25. The van der Waals surface area contributed by atoms with Gasteiger partial charge in [-0.2, -0.15) is 4.72 Å². The Hall–Kier alpha value is -1.44. The highest BCUT2D eigenvalue weighted by Gasteiger charge is 2.28. The van der Waals surface area contributed by atoms with Gasteiger partial charge in [0.05, 0.1) is 5.75 Å². The molecule has 2 rings (SSSR count). The Bertz CT molecular complexity index is 566. The maximum atomic E-state index is 12.2. The van der Waals surface area contributed by atoms with Gasteiger partial charge in [0.1, 0.15) is 6.04 Å². The second-order valence-corrected chi connectivity index (χ2v) is 6.94. The van der Waals surface area contributed by atoms with Crippen molar-refractivity contribution >= 4 is 16.0 Å². The number of rotatable bonds is 6. The van der Waals surface area contributed by atoms with Crippen LogP contribution in [-0.2, 0) is 19.6 Å². The minimum Gasteiger partial charge on any atom is -0.480 e. The van der Waals surface area contributed by atoms with E-state index in [1.54, 1.807) is 30.3 Å². The maximum Gasteiger partial charge on any atom is 0.326 e. The number of benzene rings is 1. The molecule has 0 bridgehead atoms. The van der Waals surface area contributed by atoms with Gasteiger partial charge in [-0.25, -0.2) is 8.42 Å². The first kappa shape index (κ1) is 15.9. The number of carboxylic acid groups (broad SMARTS) is 1. The molecule has 1 aliphatic heterocycles. The molecule has 1 fully saturated rings. The van der Waals surface area contributed by atoms with Crippen LogP contribution >= 0.6 is 0 Å². The summed E-state index contributed by atoms with van der Waals surface area (Å²) >= 11 is 0. The molecule has 116 valence electrons. The molecule has 1 atom stereocenters. The van der Waals surface area contributed by atoms with E-state index in [1.807, 2.05) is 0 Å².